The highest BCUT2D eigenvalue weighted by Crippen LogP contribution is 2.22. The van der Waals surface area contributed by atoms with Crippen LogP contribution in [0, 0.1) is 5.92 Å². The average molecular weight is 240 g/mol. The van der Waals surface area contributed by atoms with Gasteiger partial charge in [-0.3, -0.25) is 4.90 Å². The van der Waals surface area contributed by atoms with Crippen molar-refractivity contribution in [2.75, 3.05) is 32.8 Å². The van der Waals surface area contributed by atoms with E-state index in [0.29, 0.717) is 6.04 Å². The topological polar surface area (TPSA) is 24.5 Å². The van der Waals surface area contributed by atoms with E-state index in [4.69, 9.17) is 4.74 Å². The minimum absolute atomic E-state index is 0.696. The predicted octanol–water partition coefficient (Wildman–Crippen LogP) is 1.88. The van der Waals surface area contributed by atoms with Gasteiger partial charge in [0.25, 0.3) is 0 Å². The van der Waals surface area contributed by atoms with Crippen LogP contribution in [-0.4, -0.2) is 49.8 Å². The van der Waals surface area contributed by atoms with Crippen molar-refractivity contribution in [3.63, 3.8) is 0 Å². The molecule has 0 radical (unpaired) electrons. The van der Waals surface area contributed by atoms with E-state index >= 15 is 0 Å². The number of rotatable bonds is 4. The summed E-state index contributed by atoms with van der Waals surface area (Å²) in [5, 5.41) is 3.68. The highest BCUT2D eigenvalue weighted by molar-refractivity contribution is 4.79. The van der Waals surface area contributed by atoms with Gasteiger partial charge in [0.1, 0.15) is 0 Å². The number of ether oxygens (including phenoxy) is 1. The largest absolute Gasteiger partial charge is 0.381 e. The Hall–Kier alpha value is -0.120. The molecule has 2 aliphatic heterocycles. The number of piperidine rings is 1. The molecule has 3 heteroatoms. The number of nitrogens with zero attached hydrogens (tertiary/aromatic N) is 1. The Balaban J connectivity index is 1.63. The SMILES string of the molecule is CC1CCCN(CCNC2CCOCC2)C1C. The Kier molecular flexibility index (Phi) is 5.26. The fourth-order valence-electron chi connectivity index (χ4n) is 3.05. The van der Waals surface area contributed by atoms with Gasteiger partial charge in [0.2, 0.25) is 0 Å². The van der Waals surface area contributed by atoms with Gasteiger partial charge in [-0.05, 0) is 45.1 Å². The lowest BCUT2D eigenvalue weighted by Crippen LogP contribution is -2.47. The van der Waals surface area contributed by atoms with Crippen LogP contribution in [0.2, 0.25) is 0 Å². The zero-order chi connectivity index (χ0) is 12.1. The van der Waals surface area contributed by atoms with Crippen molar-refractivity contribution in [2.24, 2.45) is 5.92 Å². The zero-order valence-corrected chi connectivity index (χ0v) is 11.5. The number of nitrogens with one attached hydrogen (secondary N) is 1. The molecule has 0 aromatic rings. The molecule has 0 bridgehead atoms. The van der Waals surface area contributed by atoms with Crippen molar-refractivity contribution in [1.82, 2.24) is 10.2 Å². The Morgan fingerprint density at radius 2 is 1.94 bits per heavy atom. The second-order valence-corrected chi connectivity index (χ2v) is 5.74. The van der Waals surface area contributed by atoms with Crippen LogP contribution in [0.3, 0.4) is 0 Å². The first-order chi connectivity index (χ1) is 8.27. The third-order valence-corrected chi connectivity index (χ3v) is 4.56. The van der Waals surface area contributed by atoms with Crippen LogP contribution in [0.25, 0.3) is 0 Å². The van der Waals surface area contributed by atoms with Gasteiger partial charge in [0, 0.05) is 38.4 Å². The van der Waals surface area contributed by atoms with Gasteiger partial charge in [-0.1, -0.05) is 6.92 Å². The van der Waals surface area contributed by atoms with Crippen LogP contribution >= 0.6 is 0 Å². The molecule has 2 unspecified atom stereocenters. The van der Waals surface area contributed by atoms with Crippen LogP contribution in [0.5, 0.6) is 0 Å². The fourth-order valence-corrected chi connectivity index (χ4v) is 3.05. The minimum Gasteiger partial charge on any atom is -0.381 e. The zero-order valence-electron chi connectivity index (χ0n) is 11.5. The van der Waals surface area contributed by atoms with Crippen LogP contribution in [0.15, 0.2) is 0 Å². The summed E-state index contributed by atoms with van der Waals surface area (Å²) in [5.41, 5.74) is 0. The molecule has 0 aliphatic carbocycles. The molecule has 1 N–H and O–H groups in total. The van der Waals surface area contributed by atoms with Crippen LogP contribution in [0.1, 0.15) is 39.5 Å². The van der Waals surface area contributed by atoms with E-state index in [-0.39, 0.29) is 0 Å². The quantitative estimate of drug-likeness (QED) is 0.812. The maximum Gasteiger partial charge on any atom is 0.0480 e. The number of hydrogen-bond acceptors (Lipinski definition) is 3. The summed E-state index contributed by atoms with van der Waals surface area (Å²) >= 11 is 0. The van der Waals surface area contributed by atoms with E-state index in [1.165, 1.54) is 38.8 Å². The van der Waals surface area contributed by atoms with Gasteiger partial charge < -0.3 is 10.1 Å². The van der Waals surface area contributed by atoms with E-state index < -0.39 is 0 Å². The second kappa shape index (κ2) is 6.72. The lowest BCUT2D eigenvalue weighted by molar-refractivity contribution is 0.0738. The maximum absolute atomic E-state index is 5.38. The first kappa shape index (κ1) is 13.3. The summed E-state index contributed by atoms with van der Waals surface area (Å²) in [6.07, 6.45) is 5.16. The second-order valence-electron chi connectivity index (χ2n) is 5.74. The molecule has 2 heterocycles. The van der Waals surface area contributed by atoms with Crippen molar-refractivity contribution in [3.05, 3.63) is 0 Å². The van der Waals surface area contributed by atoms with E-state index in [1.807, 2.05) is 0 Å². The third kappa shape index (κ3) is 3.94. The molecule has 0 spiro atoms. The van der Waals surface area contributed by atoms with Crippen molar-refractivity contribution >= 4 is 0 Å². The Bertz CT molecular complexity index is 216. The number of hydrogen-bond donors (Lipinski definition) is 1. The monoisotopic (exact) mass is 240 g/mol. The molecule has 0 aromatic carbocycles. The molecule has 2 saturated heterocycles. The lowest BCUT2D eigenvalue weighted by Gasteiger charge is -2.38. The standard InChI is InChI=1S/C14H28N2O/c1-12-4-3-8-16(13(12)2)9-7-15-14-5-10-17-11-6-14/h12-15H,3-11H2,1-2H3. The van der Waals surface area contributed by atoms with E-state index in [2.05, 4.69) is 24.1 Å². The van der Waals surface area contributed by atoms with Crippen molar-refractivity contribution in [2.45, 2.75) is 51.6 Å². The first-order valence-electron chi connectivity index (χ1n) is 7.32. The minimum atomic E-state index is 0.696. The summed E-state index contributed by atoms with van der Waals surface area (Å²) < 4.78 is 5.38. The maximum atomic E-state index is 5.38. The smallest absolute Gasteiger partial charge is 0.0480 e. The van der Waals surface area contributed by atoms with E-state index in [9.17, 15) is 0 Å². The highest BCUT2D eigenvalue weighted by Gasteiger charge is 2.24. The fraction of sp³-hybridized carbons (Fsp3) is 1.00. The molecule has 2 fully saturated rings. The molecule has 17 heavy (non-hydrogen) atoms. The van der Waals surface area contributed by atoms with Crippen LogP contribution in [0.4, 0.5) is 0 Å². The number of likely N-dealkylation sites (tertiary alicyclic amines) is 1. The van der Waals surface area contributed by atoms with Gasteiger partial charge in [-0.15, -0.1) is 0 Å². The molecule has 2 atom stereocenters. The third-order valence-electron chi connectivity index (χ3n) is 4.56. The van der Waals surface area contributed by atoms with E-state index in [0.717, 1.165) is 31.7 Å². The van der Waals surface area contributed by atoms with Crippen molar-refractivity contribution in [3.8, 4) is 0 Å². The van der Waals surface area contributed by atoms with E-state index in [1.54, 1.807) is 0 Å². The summed E-state index contributed by atoms with van der Waals surface area (Å²) in [4.78, 5) is 2.65. The Morgan fingerprint density at radius 3 is 2.71 bits per heavy atom. The molecule has 3 nitrogen and oxygen atoms in total. The Morgan fingerprint density at radius 1 is 1.18 bits per heavy atom. The molecule has 100 valence electrons. The summed E-state index contributed by atoms with van der Waals surface area (Å²) in [6, 6.07) is 1.46. The van der Waals surface area contributed by atoms with Crippen molar-refractivity contribution in [1.29, 1.82) is 0 Å². The predicted molar refractivity (Wildman–Crippen MR) is 71.3 cm³/mol. The van der Waals surface area contributed by atoms with Gasteiger partial charge in [0.15, 0.2) is 0 Å². The van der Waals surface area contributed by atoms with Gasteiger partial charge in [0.05, 0.1) is 0 Å². The average Bonchev–Trinajstić information content (AvgIpc) is 2.36. The first-order valence-corrected chi connectivity index (χ1v) is 7.32. The van der Waals surface area contributed by atoms with Crippen LogP contribution in [-0.2, 0) is 4.74 Å². The molecular formula is C14H28N2O. The van der Waals surface area contributed by atoms with Gasteiger partial charge in [-0.2, -0.15) is 0 Å². The van der Waals surface area contributed by atoms with Gasteiger partial charge >= 0.3 is 0 Å². The summed E-state index contributed by atoms with van der Waals surface area (Å²) in [7, 11) is 0. The molecule has 2 rings (SSSR count). The highest BCUT2D eigenvalue weighted by atomic mass is 16.5. The molecule has 0 saturated carbocycles. The molecular weight excluding hydrogens is 212 g/mol. The van der Waals surface area contributed by atoms with Crippen LogP contribution < -0.4 is 5.32 Å². The summed E-state index contributed by atoms with van der Waals surface area (Å²) in [5.74, 6) is 0.867. The Labute approximate surface area is 106 Å². The van der Waals surface area contributed by atoms with Crippen molar-refractivity contribution < 1.29 is 4.74 Å². The lowest BCUT2D eigenvalue weighted by atomic mass is 9.92. The molecule has 2 aliphatic rings. The van der Waals surface area contributed by atoms with Gasteiger partial charge in [-0.25, -0.2) is 0 Å². The normalized spacial score (nSPS) is 32.8. The molecule has 0 amide bonds. The summed E-state index contributed by atoms with van der Waals surface area (Å²) in [6.45, 7) is 10.3. The molecule has 0 aromatic heterocycles.